The summed E-state index contributed by atoms with van der Waals surface area (Å²) in [5.74, 6) is 1.64. The Kier molecular flexibility index (Phi) is 4.52. The van der Waals surface area contributed by atoms with E-state index < -0.39 is 0 Å². The molecule has 4 heteroatoms. The molecule has 1 aliphatic heterocycles. The van der Waals surface area contributed by atoms with Gasteiger partial charge in [-0.05, 0) is 54.9 Å². The van der Waals surface area contributed by atoms with E-state index >= 15 is 0 Å². The van der Waals surface area contributed by atoms with E-state index in [0.29, 0.717) is 6.42 Å². The van der Waals surface area contributed by atoms with Crippen molar-refractivity contribution >= 4 is 11.4 Å². The highest BCUT2D eigenvalue weighted by Gasteiger charge is 2.52. The first-order valence-electron chi connectivity index (χ1n) is 9.33. The maximum Gasteiger partial charge on any atom is 0.161 e. The Morgan fingerprint density at radius 3 is 2.48 bits per heavy atom. The third kappa shape index (κ3) is 2.76. The second-order valence-corrected chi connectivity index (χ2v) is 7.38. The van der Waals surface area contributed by atoms with Gasteiger partial charge in [-0.3, -0.25) is 4.79 Å². The molecule has 1 heterocycles. The fourth-order valence-corrected chi connectivity index (χ4v) is 4.80. The Labute approximate surface area is 160 Å². The molecule has 0 unspecified atom stereocenters. The van der Waals surface area contributed by atoms with Gasteiger partial charge in [-0.2, -0.15) is 0 Å². The van der Waals surface area contributed by atoms with Crippen LogP contribution in [0, 0.1) is 0 Å². The number of allylic oxidation sites excluding steroid dienone is 1. The van der Waals surface area contributed by atoms with Crippen molar-refractivity contribution in [2.24, 2.45) is 0 Å². The number of likely N-dealkylation sites (N-methyl/N-ethyl adjacent to an activating group) is 1. The molecule has 4 rings (SSSR count). The van der Waals surface area contributed by atoms with Crippen LogP contribution in [0.2, 0.25) is 0 Å². The van der Waals surface area contributed by atoms with Gasteiger partial charge in [0.1, 0.15) is 0 Å². The predicted octanol–water partition coefficient (Wildman–Crippen LogP) is 3.70. The molecule has 2 aromatic rings. The number of carbonyl (C=O) groups is 1. The summed E-state index contributed by atoms with van der Waals surface area (Å²) in [6, 6.07) is 16.6. The molecule has 0 aromatic heterocycles. The van der Waals surface area contributed by atoms with Crippen molar-refractivity contribution in [2.75, 3.05) is 27.8 Å². The molecule has 1 aliphatic carbocycles. The molecular formula is C23H25NO3. The topological polar surface area (TPSA) is 38.8 Å². The molecule has 0 radical (unpaired) electrons. The van der Waals surface area contributed by atoms with Crippen molar-refractivity contribution in [1.82, 2.24) is 4.90 Å². The summed E-state index contributed by atoms with van der Waals surface area (Å²) in [5.41, 5.74) is 3.17. The van der Waals surface area contributed by atoms with Gasteiger partial charge < -0.3 is 14.4 Å². The lowest BCUT2D eigenvalue weighted by Gasteiger charge is -2.42. The normalized spacial score (nSPS) is 25.1. The summed E-state index contributed by atoms with van der Waals surface area (Å²) < 4.78 is 11.0. The summed E-state index contributed by atoms with van der Waals surface area (Å²) >= 11 is 0. The number of hydrogen-bond donors (Lipinski definition) is 0. The van der Waals surface area contributed by atoms with E-state index in [1.807, 2.05) is 30.3 Å². The maximum atomic E-state index is 12.6. The van der Waals surface area contributed by atoms with Crippen LogP contribution in [0.1, 0.15) is 24.0 Å². The number of ketones is 1. The largest absolute Gasteiger partial charge is 0.493 e. The van der Waals surface area contributed by atoms with Crippen LogP contribution < -0.4 is 9.47 Å². The number of likely N-dealkylation sites (tertiary alicyclic amines) is 1. The SMILES string of the molecule is COc1ccc([C@]23CCN(C)[C@H]2CC(=O)C=C3c2ccccc2)cc1OC. The van der Waals surface area contributed by atoms with Crippen LogP contribution in [0.4, 0.5) is 0 Å². The summed E-state index contributed by atoms with van der Waals surface area (Å²) in [6.45, 7) is 0.955. The monoisotopic (exact) mass is 363 g/mol. The zero-order valence-electron chi connectivity index (χ0n) is 16.1. The van der Waals surface area contributed by atoms with Gasteiger partial charge in [0.25, 0.3) is 0 Å². The van der Waals surface area contributed by atoms with Crippen LogP contribution in [0.5, 0.6) is 11.5 Å². The predicted molar refractivity (Wildman–Crippen MR) is 106 cm³/mol. The molecule has 0 spiro atoms. The van der Waals surface area contributed by atoms with E-state index in [9.17, 15) is 4.79 Å². The molecule has 2 aromatic carbocycles. The molecule has 1 saturated heterocycles. The second kappa shape index (κ2) is 6.86. The molecule has 4 nitrogen and oxygen atoms in total. The molecule has 2 aliphatic rings. The minimum Gasteiger partial charge on any atom is -0.493 e. The van der Waals surface area contributed by atoms with E-state index in [0.717, 1.165) is 35.6 Å². The first-order valence-corrected chi connectivity index (χ1v) is 9.33. The van der Waals surface area contributed by atoms with Gasteiger partial charge in [-0.1, -0.05) is 36.4 Å². The van der Waals surface area contributed by atoms with Crippen molar-refractivity contribution in [3.63, 3.8) is 0 Å². The number of rotatable bonds is 4. The van der Waals surface area contributed by atoms with Crippen molar-refractivity contribution in [3.8, 4) is 11.5 Å². The fraction of sp³-hybridized carbons (Fsp3) is 0.348. The van der Waals surface area contributed by atoms with Gasteiger partial charge in [0.15, 0.2) is 17.3 Å². The summed E-state index contributed by atoms with van der Waals surface area (Å²) in [4.78, 5) is 14.9. The second-order valence-electron chi connectivity index (χ2n) is 7.38. The maximum absolute atomic E-state index is 12.6. The summed E-state index contributed by atoms with van der Waals surface area (Å²) in [7, 11) is 5.43. The van der Waals surface area contributed by atoms with Gasteiger partial charge in [0, 0.05) is 17.9 Å². The highest BCUT2D eigenvalue weighted by atomic mass is 16.5. The van der Waals surface area contributed by atoms with E-state index in [2.05, 4.69) is 36.2 Å². The number of carbonyl (C=O) groups excluding carboxylic acids is 1. The fourth-order valence-electron chi connectivity index (χ4n) is 4.80. The number of methoxy groups -OCH3 is 2. The molecule has 1 fully saturated rings. The lowest BCUT2D eigenvalue weighted by molar-refractivity contribution is -0.116. The van der Waals surface area contributed by atoms with Crippen LogP contribution in [0.3, 0.4) is 0 Å². The Morgan fingerprint density at radius 2 is 1.78 bits per heavy atom. The zero-order valence-corrected chi connectivity index (χ0v) is 16.1. The number of ether oxygens (including phenoxy) is 2. The van der Waals surface area contributed by atoms with Crippen molar-refractivity contribution in [1.29, 1.82) is 0 Å². The minimum atomic E-state index is -0.233. The number of hydrogen-bond acceptors (Lipinski definition) is 4. The Bertz CT molecular complexity index is 890. The lowest BCUT2D eigenvalue weighted by atomic mass is 9.63. The zero-order chi connectivity index (χ0) is 19.0. The quantitative estimate of drug-likeness (QED) is 0.830. The van der Waals surface area contributed by atoms with E-state index in [4.69, 9.17) is 9.47 Å². The van der Waals surface area contributed by atoms with Gasteiger partial charge in [-0.15, -0.1) is 0 Å². The Morgan fingerprint density at radius 1 is 1.04 bits per heavy atom. The van der Waals surface area contributed by atoms with Gasteiger partial charge in [0.05, 0.1) is 14.2 Å². The van der Waals surface area contributed by atoms with E-state index in [-0.39, 0.29) is 17.2 Å². The average Bonchev–Trinajstić information content (AvgIpc) is 3.05. The van der Waals surface area contributed by atoms with Crippen molar-refractivity contribution in [2.45, 2.75) is 24.3 Å². The average molecular weight is 363 g/mol. The summed E-state index contributed by atoms with van der Waals surface area (Å²) in [6.07, 6.45) is 3.38. The van der Waals surface area contributed by atoms with Gasteiger partial charge in [-0.25, -0.2) is 0 Å². The third-order valence-electron chi connectivity index (χ3n) is 6.12. The number of benzene rings is 2. The molecule has 27 heavy (non-hydrogen) atoms. The number of nitrogens with zero attached hydrogens (tertiary/aromatic N) is 1. The molecule has 0 bridgehead atoms. The highest BCUT2D eigenvalue weighted by Crippen LogP contribution is 2.53. The van der Waals surface area contributed by atoms with Crippen LogP contribution in [0.15, 0.2) is 54.6 Å². The molecule has 140 valence electrons. The summed E-state index contributed by atoms with van der Waals surface area (Å²) in [5, 5.41) is 0. The van der Waals surface area contributed by atoms with Crippen LogP contribution in [-0.4, -0.2) is 44.5 Å². The van der Waals surface area contributed by atoms with Crippen LogP contribution in [-0.2, 0) is 10.2 Å². The Balaban J connectivity index is 1.95. The Hall–Kier alpha value is -2.59. The van der Waals surface area contributed by atoms with E-state index in [1.54, 1.807) is 14.2 Å². The minimum absolute atomic E-state index is 0.142. The number of fused-ring (bicyclic) bond motifs is 1. The van der Waals surface area contributed by atoms with Crippen molar-refractivity contribution in [3.05, 3.63) is 65.7 Å². The van der Waals surface area contributed by atoms with Crippen LogP contribution >= 0.6 is 0 Å². The molecule has 0 amide bonds. The molecule has 0 saturated carbocycles. The van der Waals surface area contributed by atoms with Crippen molar-refractivity contribution < 1.29 is 14.3 Å². The smallest absolute Gasteiger partial charge is 0.161 e. The first-order chi connectivity index (χ1) is 13.1. The first kappa shape index (κ1) is 17.8. The lowest BCUT2D eigenvalue weighted by Crippen LogP contribution is -2.46. The van der Waals surface area contributed by atoms with Crippen LogP contribution in [0.25, 0.3) is 5.57 Å². The molecule has 0 N–H and O–H groups in total. The van der Waals surface area contributed by atoms with E-state index in [1.165, 1.54) is 5.56 Å². The molecule has 2 atom stereocenters. The molecular weight excluding hydrogens is 338 g/mol. The van der Waals surface area contributed by atoms with Gasteiger partial charge in [0.2, 0.25) is 0 Å². The third-order valence-corrected chi connectivity index (χ3v) is 6.12. The highest BCUT2D eigenvalue weighted by molar-refractivity contribution is 6.02. The standard InChI is InChI=1S/C23H25NO3/c1-24-12-11-23(17-9-10-20(26-2)21(13-17)27-3)19(14-18(25)15-22(23)24)16-7-5-4-6-8-16/h4-10,13-14,22H,11-12,15H2,1-3H3/t22-,23-/m0/s1. The van der Waals surface area contributed by atoms with Gasteiger partial charge >= 0.3 is 0 Å².